The number of rotatable bonds is 6. The van der Waals surface area contributed by atoms with Crippen LogP contribution in [0, 0.1) is 12.3 Å². The van der Waals surface area contributed by atoms with Gasteiger partial charge < -0.3 is 0 Å². The summed E-state index contributed by atoms with van der Waals surface area (Å²) in [4.78, 5) is 0. The van der Waals surface area contributed by atoms with Crippen LogP contribution < -0.4 is 0 Å². The fourth-order valence-electron chi connectivity index (χ4n) is 5.01. The Morgan fingerprint density at radius 2 is 1.52 bits per heavy atom. The third kappa shape index (κ3) is 3.84. The number of hydrogen-bond acceptors (Lipinski definition) is 0. The Kier molecular flexibility index (Phi) is 5.67. The molecule has 0 aliphatic heterocycles. The lowest BCUT2D eigenvalue weighted by atomic mass is 9.54. The Balaban J connectivity index is 1.81. The highest BCUT2D eigenvalue weighted by Crippen LogP contribution is 2.53. The van der Waals surface area contributed by atoms with E-state index in [0.29, 0.717) is 5.41 Å². The minimum Gasteiger partial charge on any atom is -0.0622 e. The molecular formula is C25H34. The molecule has 1 aliphatic rings. The van der Waals surface area contributed by atoms with E-state index >= 15 is 0 Å². The zero-order valence-corrected chi connectivity index (χ0v) is 16.4. The summed E-state index contributed by atoms with van der Waals surface area (Å²) in [6.45, 7) is 7.35. The zero-order valence-electron chi connectivity index (χ0n) is 16.4. The predicted octanol–water partition coefficient (Wildman–Crippen LogP) is 7.25. The second kappa shape index (κ2) is 7.77. The Morgan fingerprint density at radius 1 is 0.880 bits per heavy atom. The lowest BCUT2D eigenvalue weighted by Gasteiger charge is -2.50. The molecule has 134 valence electrons. The molecule has 0 aromatic heterocycles. The van der Waals surface area contributed by atoms with E-state index in [1.54, 1.807) is 5.56 Å². The van der Waals surface area contributed by atoms with Gasteiger partial charge in [0.1, 0.15) is 0 Å². The van der Waals surface area contributed by atoms with E-state index in [0.717, 1.165) is 0 Å². The predicted molar refractivity (Wildman–Crippen MR) is 109 cm³/mol. The highest BCUT2D eigenvalue weighted by atomic mass is 14.5. The first-order valence-corrected chi connectivity index (χ1v) is 10.2. The Bertz CT molecular complexity index is 663. The molecule has 2 aromatic carbocycles. The van der Waals surface area contributed by atoms with E-state index in [1.165, 1.54) is 62.5 Å². The van der Waals surface area contributed by atoms with Crippen molar-refractivity contribution in [3.05, 3.63) is 71.3 Å². The van der Waals surface area contributed by atoms with Crippen LogP contribution >= 0.6 is 0 Å². The van der Waals surface area contributed by atoms with Crippen molar-refractivity contribution in [3.63, 3.8) is 0 Å². The number of benzene rings is 2. The van der Waals surface area contributed by atoms with Crippen molar-refractivity contribution < 1.29 is 0 Å². The van der Waals surface area contributed by atoms with E-state index in [2.05, 4.69) is 75.4 Å². The van der Waals surface area contributed by atoms with Gasteiger partial charge in [-0.2, -0.15) is 0 Å². The fraction of sp³-hybridized carbons (Fsp3) is 0.520. The summed E-state index contributed by atoms with van der Waals surface area (Å²) >= 11 is 0. The van der Waals surface area contributed by atoms with Crippen molar-refractivity contribution in [2.24, 2.45) is 5.41 Å². The lowest BCUT2D eigenvalue weighted by Crippen LogP contribution is -2.43. The Labute approximate surface area is 154 Å². The van der Waals surface area contributed by atoms with Gasteiger partial charge >= 0.3 is 0 Å². The molecule has 1 saturated carbocycles. The maximum atomic E-state index is 2.56. The smallest absolute Gasteiger partial charge is 0.00214 e. The maximum Gasteiger partial charge on any atom is -0.00214 e. The van der Waals surface area contributed by atoms with Crippen molar-refractivity contribution in [2.75, 3.05) is 0 Å². The van der Waals surface area contributed by atoms with Gasteiger partial charge in [0.25, 0.3) is 0 Å². The molecule has 0 heterocycles. The second-order valence-electron chi connectivity index (χ2n) is 8.60. The third-order valence-corrected chi connectivity index (χ3v) is 7.08. The number of hydrogen-bond donors (Lipinski definition) is 0. The highest BCUT2D eigenvalue weighted by molar-refractivity contribution is 5.29. The number of aryl methyl sites for hydroxylation is 2. The van der Waals surface area contributed by atoms with E-state index in [4.69, 9.17) is 0 Å². The van der Waals surface area contributed by atoms with Crippen molar-refractivity contribution in [2.45, 2.75) is 77.6 Å². The average Bonchev–Trinajstić information content (AvgIpc) is 2.64. The molecule has 0 unspecified atom stereocenters. The van der Waals surface area contributed by atoms with Crippen LogP contribution in [0.2, 0.25) is 0 Å². The van der Waals surface area contributed by atoms with E-state index in [9.17, 15) is 0 Å². The van der Waals surface area contributed by atoms with Gasteiger partial charge in [0.2, 0.25) is 0 Å². The Hall–Kier alpha value is -1.56. The molecule has 3 rings (SSSR count). The SMILES string of the molecule is Cc1ccccc1CCC[C@](C)(c1ccccc1)C1(C)CCCCC1. The third-order valence-electron chi connectivity index (χ3n) is 7.08. The quantitative estimate of drug-likeness (QED) is 0.522. The standard InChI is InChI=1S/C25H34/c1-21-13-8-9-14-22(21)15-12-20-25(3,23-16-6-4-7-17-23)24(2)18-10-5-11-19-24/h4,6-9,13-14,16-17H,5,10-12,15,18-20H2,1-3H3/t25-/m1/s1. The maximum absolute atomic E-state index is 2.56. The van der Waals surface area contributed by atoms with Crippen LogP contribution in [0.25, 0.3) is 0 Å². The largest absolute Gasteiger partial charge is 0.0622 e. The van der Waals surface area contributed by atoms with Gasteiger partial charge in [-0.1, -0.05) is 87.7 Å². The van der Waals surface area contributed by atoms with Gasteiger partial charge in [0, 0.05) is 0 Å². The first-order valence-electron chi connectivity index (χ1n) is 10.2. The van der Waals surface area contributed by atoms with Gasteiger partial charge in [-0.05, 0) is 66.5 Å². The summed E-state index contributed by atoms with van der Waals surface area (Å²) < 4.78 is 0. The minimum atomic E-state index is 0.275. The van der Waals surface area contributed by atoms with Crippen molar-refractivity contribution in [3.8, 4) is 0 Å². The molecule has 0 amide bonds. The molecule has 1 aliphatic carbocycles. The van der Waals surface area contributed by atoms with Gasteiger partial charge in [0.15, 0.2) is 0 Å². The summed E-state index contributed by atoms with van der Waals surface area (Å²) in [5.41, 5.74) is 5.21. The average molecular weight is 335 g/mol. The first kappa shape index (κ1) is 18.2. The van der Waals surface area contributed by atoms with Crippen LogP contribution in [-0.2, 0) is 11.8 Å². The van der Waals surface area contributed by atoms with Crippen LogP contribution in [0.5, 0.6) is 0 Å². The van der Waals surface area contributed by atoms with Gasteiger partial charge in [-0.25, -0.2) is 0 Å². The van der Waals surface area contributed by atoms with Gasteiger partial charge in [-0.15, -0.1) is 0 Å². The monoisotopic (exact) mass is 334 g/mol. The minimum absolute atomic E-state index is 0.275. The summed E-state index contributed by atoms with van der Waals surface area (Å²) in [5, 5.41) is 0. The molecule has 0 bridgehead atoms. The molecule has 25 heavy (non-hydrogen) atoms. The van der Waals surface area contributed by atoms with Crippen molar-refractivity contribution in [1.82, 2.24) is 0 Å². The fourth-order valence-corrected chi connectivity index (χ4v) is 5.01. The molecule has 1 atom stereocenters. The van der Waals surface area contributed by atoms with Gasteiger partial charge in [0.05, 0.1) is 0 Å². The van der Waals surface area contributed by atoms with Crippen LogP contribution in [-0.4, -0.2) is 0 Å². The van der Waals surface area contributed by atoms with Crippen molar-refractivity contribution >= 4 is 0 Å². The Morgan fingerprint density at radius 3 is 2.20 bits per heavy atom. The molecule has 0 radical (unpaired) electrons. The van der Waals surface area contributed by atoms with Gasteiger partial charge in [-0.3, -0.25) is 0 Å². The normalized spacial score (nSPS) is 19.3. The lowest BCUT2D eigenvalue weighted by molar-refractivity contribution is 0.0848. The van der Waals surface area contributed by atoms with E-state index in [-0.39, 0.29) is 5.41 Å². The zero-order chi connectivity index (χ0) is 17.8. The molecule has 0 spiro atoms. The molecule has 1 fully saturated rings. The van der Waals surface area contributed by atoms with Crippen LogP contribution in [0.3, 0.4) is 0 Å². The second-order valence-corrected chi connectivity index (χ2v) is 8.60. The van der Waals surface area contributed by atoms with E-state index < -0.39 is 0 Å². The summed E-state index contributed by atoms with van der Waals surface area (Å²) in [7, 11) is 0. The van der Waals surface area contributed by atoms with Crippen molar-refractivity contribution in [1.29, 1.82) is 0 Å². The first-order chi connectivity index (χ1) is 12.1. The van der Waals surface area contributed by atoms with Crippen LogP contribution in [0.1, 0.15) is 75.5 Å². The molecule has 0 saturated heterocycles. The van der Waals surface area contributed by atoms with Crippen LogP contribution in [0.15, 0.2) is 54.6 Å². The molecule has 0 N–H and O–H groups in total. The molecule has 0 heteroatoms. The highest BCUT2D eigenvalue weighted by Gasteiger charge is 2.45. The summed E-state index contributed by atoms with van der Waals surface area (Å²) in [5.74, 6) is 0. The molecule has 2 aromatic rings. The van der Waals surface area contributed by atoms with Crippen LogP contribution in [0.4, 0.5) is 0 Å². The summed E-state index contributed by atoms with van der Waals surface area (Å²) in [6.07, 6.45) is 10.7. The topological polar surface area (TPSA) is 0 Å². The molecule has 0 nitrogen and oxygen atoms in total. The molecular weight excluding hydrogens is 300 g/mol. The summed E-state index contributed by atoms with van der Waals surface area (Å²) in [6, 6.07) is 20.2. The van der Waals surface area contributed by atoms with E-state index in [1.807, 2.05) is 0 Å².